The fourth-order valence-corrected chi connectivity index (χ4v) is 5.33. The largest absolute Gasteiger partial charge is 0.368 e. The topological polar surface area (TPSA) is 68.0 Å². The molecule has 20 heavy (non-hydrogen) atoms. The summed E-state index contributed by atoms with van der Waals surface area (Å²) in [5.41, 5.74) is 6.31. The van der Waals surface area contributed by atoms with Gasteiger partial charge in [0.15, 0.2) is 0 Å². The van der Waals surface area contributed by atoms with Crippen LogP contribution >= 0.6 is 23.1 Å². The number of nitrogens with one attached hydrogen (secondary N) is 1. The molecule has 0 bridgehead atoms. The second-order valence-electron chi connectivity index (χ2n) is 5.96. The van der Waals surface area contributed by atoms with Gasteiger partial charge in [-0.15, -0.1) is 11.3 Å². The first-order chi connectivity index (χ1) is 9.57. The minimum atomic E-state index is -0.483. The Balaban J connectivity index is 1.68. The average Bonchev–Trinajstić information content (AvgIpc) is 3.11. The summed E-state index contributed by atoms with van der Waals surface area (Å²) in [6, 6.07) is 0.508. The molecule has 0 aromatic carbocycles. The summed E-state index contributed by atoms with van der Waals surface area (Å²) >= 11 is 3.51. The second kappa shape index (κ2) is 5.66. The van der Waals surface area contributed by atoms with Crippen molar-refractivity contribution in [3.63, 3.8) is 0 Å². The van der Waals surface area contributed by atoms with E-state index in [1.54, 1.807) is 11.3 Å². The van der Waals surface area contributed by atoms with E-state index in [0.29, 0.717) is 11.3 Å². The molecule has 2 aliphatic rings. The molecule has 1 amide bonds. The van der Waals surface area contributed by atoms with Gasteiger partial charge < -0.3 is 11.1 Å². The van der Waals surface area contributed by atoms with Gasteiger partial charge in [0.25, 0.3) is 0 Å². The third-order valence-corrected chi connectivity index (χ3v) is 6.46. The number of rotatable bonds is 5. The molecule has 2 unspecified atom stereocenters. The molecule has 0 spiro atoms. The normalized spacial score (nSPS) is 30.4. The van der Waals surface area contributed by atoms with Gasteiger partial charge in [-0.25, -0.2) is 4.98 Å². The van der Waals surface area contributed by atoms with Gasteiger partial charge in [-0.1, -0.05) is 11.8 Å². The minimum absolute atomic E-state index is 0.176. The second-order valence-corrected chi connectivity index (χ2v) is 8.36. The number of thiazole rings is 1. The Hall–Kier alpha value is -0.590. The monoisotopic (exact) mass is 311 g/mol. The summed E-state index contributed by atoms with van der Waals surface area (Å²) in [4.78, 5) is 16.5. The quantitative estimate of drug-likeness (QED) is 0.876. The molecule has 0 aliphatic heterocycles. The highest BCUT2D eigenvalue weighted by molar-refractivity contribution is 8.01. The van der Waals surface area contributed by atoms with Gasteiger partial charge in [0.2, 0.25) is 5.91 Å². The number of aromatic nitrogens is 1. The lowest BCUT2D eigenvalue weighted by Crippen LogP contribution is -2.59. The Morgan fingerprint density at radius 1 is 1.55 bits per heavy atom. The Bertz CT molecular complexity index is 500. The summed E-state index contributed by atoms with van der Waals surface area (Å²) < 4.78 is 1.11. The number of carbonyl (C=O) groups excluding carboxylic acids is 1. The van der Waals surface area contributed by atoms with Crippen LogP contribution in [0.25, 0.3) is 0 Å². The lowest BCUT2D eigenvalue weighted by atomic mass is 9.80. The van der Waals surface area contributed by atoms with Crippen molar-refractivity contribution in [1.82, 2.24) is 10.3 Å². The van der Waals surface area contributed by atoms with Crippen LogP contribution in [0.4, 0.5) is 0 Å². The van der Waals surface area contributed by atoms with Crippen LogP contribution in [0.15, 0.2) is 9.72 Å². The lowest BCUT2D eigenvalue weighted by molar-refractivity contribution is -0.125. The molecule has 2 saturated carbocycles. The van der Waals surface area contributed by atoms with E-state index < -0.39 is 5.54 Å². The Morgan fingerprint density at radius 2 is 2.35 bits per heavy atom. The Kier molecular flexibility index (Phi) is 4.06. The lowest BCUT2D eigenvalue weighted by Gasteiger charge is -2.39. The van der Waals surface area contributed by atoms with Crippen molar-refractivity contribution in [2.24, 2.45) is 5.73 Å². The zero-order valence-corrected chi connectivity index (χ0v) is 13.4. The minimum Gasteiger partial charge on any atom is -0.368 e. The maximum Gasteiger partial charge on any atom is 0.237 e. The highest BCUT2D eigenvalue weighted by atomic mass is 32.2. The van der Waals surface area contributed by atoms with Crippen LogP contribution in [0.3, 0.4) is 0 Å². The number of primary amides is 1. The molecule has 0 radical (unpaired) electrons. The van der Waals surface area contributed by atoms with E-state index in [2.05, 4.69) is 15.7 Å². The van der Waals surface area contributed by atoms with Gasteiger partial charge >= 0.3 is 0 Å². The first-order valence-corrected chi connectivity index (χ1v) is 9.00. The number of amides is 1. The van der Waals surface area contributed by atoms with Crippen molar-refractivity contribution < 1.29 is 4.79 Å². The first kappa shape index (κ1) is 14.4. The van der Waals surface area contributed by atoms with E-state index in [1.165, 1.54) is 12.8 Å². The fourth-order valence-electron chi connectivity index (χ4n) is 2.90. The zero-order valence-electron chi connectivity index (χ0n) is 11.7. The molecule has 4 nitrogen and oxygen atoms in total. The van der Waals surface area contributed by atoms with Gasteiger partial charge in [0, 0.05) is 22.4 Å². The highest BCUT2D eigenvalue weighted by Gasteiger charge is 2.44. The maximum absolute atomic E-state index is 12.0. The smallest absolute Gasteiger partial charge is 0.237 e. The molecule has 1 aromatic heterocycles. The predicted molar refractivity (Wildman–Crippen MR) is 83.0 cm³/mol. The van der Waals surface area contributed by atoms with Crippen LogP contribution < -0.4 is 11.1 Å². The van der Waals surface area contributed by atoms with Crippen LogP contribution in [0.2, 0.25) is 0 Å². The molecular formula is C14H21N3OS2. The van der Waals surface area contributed by atoms with Crippen LogP contribution in [-0.2, 0) is 4.79 Å². The molecular weight excluding hydrogens is 290 g/mol. The molecule has 2 fully saturated rings. The van der Waals surface area contributed by atoms with Crippen molar-refractivity contribution in [2.45, 2.75) is 66.6 Å². The number of hydrogen-bond donors (Lipinski definition) is 2. The van der Waals surface area contributed by atoms with Gasteiger partial charge in [-0.3, -0.25) is 4.79 Å². The van der Waals surface area contributed by atoms with Crippen molar-refractivity contribution in [1.29, 1.82) is 0 Å². The molecule has 6 heteroatoms. The molecule has 0 saturated heterocycles. The van der Waals surface area contributed by atoms with Gasteiger partial charge in [-0.2, -0.15) is 0 Å². The van der Waals surface area contributed by atoms with Crippen LogP contribution in [0.1, 0.15) is 44.2 Å². The predicted octanol–water partition coefficient (Wildman–Crippen LogP) is 2.46. The van der Waals surface area contributed by atoms with E-state index in [0.717, 1.165) is 35.7 Å². The summed E-state index contributed by atoms with van der Waals surface area (Å²) in [5, 5.41) is 6.04. The maximum atomic E-state index is 12.0. The van der Waals surface area contributed by atoms with E-state index >= 15 is 0 Å². The van der Waals surface area contributed by atoms with Crippen molar-refractivity contribution in [2.75, 3.05) is 0 Å². The average molecular weight is 311 g/mol. The summed E-state index contributed by atoms with van der Waals surface area (Å²) in [6.07, 6.45) is 6.28. The molecule has 2 aliphatic carbocycles. The van der Waals surface area contributed by atoms with E-state index in [9.17, 15) is 4.79 Å². The molecule has 1 aromatic rings. The third kappa shape index (κ3) is 3.18. The summed E-state index contributed by atoms with van der Waals surface area (Å²) in [6.45, 7) is 2.02. The van der Waals surface area contributed by atoms with Crippen molar-refractivity contribution >= 4 is 29.0 Å². The molecule has 110 valence electrons. The molecule has 2 atom stereocenters. The standard InChI is InChI=1S/C14H21N3OS2/c1-9-8-19-13(16-9)20-11-3-2-6-14(7-11,12(15)18)17-10-4-5-10/h8,10-11,17H,2-7H2,1H3,(H2,15,18). The first-order valence-electron chi connectivity index (χ1n) is 7.24. The number of aryl methyl sites for hydroxylation is 1. The number of carbonyl (C=O) groups is 1. The SMILES string of the molecule is Cc1csc(SC2CCCC(NC3CC3)(C(N)=O)C2)n1. The van der Waals surface area contributed by atoms with E-state index in [4.69, 9.17) is 5.73 Å². The van der Waals surface area contributed by atoms with E-state index in [-0.39, 0.29) is 5.91 Å². The van der Waals surface area contributed by atoms with Gasteiger partial charge in [-0.05, 0) is 45.4 Å². The van der Waals surface area contributed by atoms with E-state index in [1.807, 2.05) is 18.7 Å². The van der Waals surface area contributed by atoms with Gasteiger partial charge in [0.1, 0.15) is 4.34 Å². The van der Waals surface area contributed by atoms with Crippen LogP contribution in [-0.4, -0.2) is 27.7 Å². The summed E-state index contributed by atoms with van der Waals surface area (Å²) in [7, 11) is 0. The summed E-state index contributed by atoms with van der Waals surface area (Å²) in [5.74, 6) is -0.176. The van der Waals surface area contributed by atoms with Crippen molar-refractivity contribution in [3.8, 4) is 0 Å². The highest BCUT2D eigenvalue weighted by Crippen LogP contribution is 2.40. The Labute approximate surface area is 127 Å². The zero-order chi connectivity index (χ0) is 14.2. The van der Waals surface area contributed by atoms with Crippen LogP contribution in [0, 0.1) is 6.92 Å². The number of nitrogens with two attached hydrogens (primary N) is 1. The Morgan fingerprint density at radius 3 is 2.95 bits per heavy atom. The number of thioether (sulfide) groups is 1. The number of hydrogen-bond acceptors (Lipinski definition) is 5. The molecule has 3 rings (SSSR count). The van der Waals surface area contributed by atoms with Gasteiger partial charge in [0.05, 0.1) is 5.54 Å². The fraction of sp³-hybridized carbons (Fsp3) is 0.714. The molecule has 3 N–H and O–H groups in total. The van der Waals surface area contributed by atoms with Crippen molar-refractivity contribution in [3.05, 3.63) is 11.1 Å². The van der Waals surface area contributed by atoms with Crippen LogP contribution in [0.5, 0.6) is 0 Å². The molecule has 1 heterocycles. The number of nitrogens with zero attached hydrogens (tertiary/aromatic N) is 1. The third-order valence-electron chi connectivity index (χ3n) is 4.10.